The first-order chi connectivity index (χ1) is 13.3. The second kappa shape index (κ2) is 9.31. The molecule has 5 nitrogen and oxygen atoms in total. The standard InChI is InChI=1S/C22H20N2O3/c1-26-21(18-8-4-2-5-9-18)22(25)24-23-16-17-12-14-20(15-13-17)27-19-10-6-3-7-11-19/h2-16,21H,1H3,(H,24,25)/b23-16-/t21-/m0/s1. The van der Waals surface area contributed by atoms with Crippen LogP contribution in [0.5, 0.6) is 11.5 Å². The van der Waals surface area contributed by atoms with Crippen LogP contribution in [-0.2, 0) is 9.53 Å². The summed E-state index contributed by atoms with van der Waals surface area (Å²) in [5, 5.41) is 4.00. The number of para-hydroxylation sites is 1. The highest BCUT2D eigenvalue weighted by Crippen LogP contribution is 2.20. The maximum atomic E-state index is 12.3. The second-order valence-corrected chi connectivity index (χ2v) is 5.74. The van der Waals surface area contributed by atoms with Crippen LogP contribution >= 0.6 is 0 Å². The molecule has 0 spiro atoms. The molecule has 0 aliphatic carbocycles. The third kappa shape index (κ3) is 5.26. The van der Waals surface area contributed by atoms with Crippen molar-refractivity contribution in [2.24, 2.45) is 5.10 Å². The molecule has 0 heterocycles. The maximum Gasteiger partial charge on any atom is 0.273 e. The van der Waals surface area contributed by atoms with Gasteiger partial charge in [0.2, 0.25) is 0 Å². The van der Waals surface area contributed by atoms with Gasteiger partial charge in [-0.3, -0.25) is 4.79 Å². The van der Waals surface area contributed by atoms with Gasteiger partial charge in [-0.2, -0.15) is 5.10 Å². The average Bonchev–Trinajstić information content (AvgIpc) is 2.71. The van der Waals surface area contributed by atoms with E-state index in [1.165, 1.54) is 7.11 Å². The molecule has 0 aliphatic heterocycles. The first-order valence-electron chi connectivity index (χ1n) is 8.50. The molecule has 0 saturated carbocycles. The molecule has 0 bridgehead atoms. The molecule has 3 aromatic carbocycles. The number of ether oxygens (including phenoxy) is 2. The number of hydrogen-bond acceptors (Lipinski definition) is 4. The van der Waals surface area contributed by atoms with Crippen LogP contribution in [0.3, 0.4) is 0 Å². The van der Waals surface area contributed by atoms with Gasteiger partial charge in [-0.05, 0) is 47.5 Å². The predicted octanol–water partition coefficient (Wildman–Crippen LogP) is 4.32. The molecule has 1 atom stereocenters. The fourth-order valence-corrected chi connectivity index (χ4v) is 2.50. The summed E-state index contributed by atoms with van der Waals surface area (Å²) in [6.45, 7) is 0. The Balaban J connectivity index is 1.57. The van der Waals surface area contributed by atoms with Crippen LogP contribution < -0.4 is 10.2 Å². The fraction of sp³-hybridized carbons (Fsp3) is 0.0909. The van der Waals surface area contributed by atoms with E-state index in [2.05, 4.69) is 10.5 Å². The van der Waals surface area contributed by atoms with Gasteiger partial charge in [0.15, 0.2) is 6.10 Å². The molecule has 5 heteroatoms. The summed E-state index contributed by atoms with van der Waals surface area (Å²) in [5.74, 6) is 1.17. The van der Waals surface area contributed by atoms with Gasteiger partial charge < -0.3 is 9.47 Å². The largest absolute Gasteiger partial charge is 0.457 e. The van der Waals surface area contributed by atoms with E-state index >= 15 is 0 Å². The fourth-order valence-electron chi connectivity index (χ4n) is 2.50. The van der Waals surface area contributed by atoms with Crippen molar-refractivity contribution in [1.29, 1.82) is 0 Å². The van der Waals surface area contributed by atoms with E-state index in [1.54, 1.807) is 6.21 Å². The van der Waals surface area contributed by atoms with E-state index in [0.29, 0.717) is 0 Å². The Morgan fingerprint density at radius 3 is 2.11 bits per heavy atom. The van der Waals surface area contributed by atoms with E-state index in [4.69, 9.17) is 9.47 Å². The van der Waals surface area contributed by atoms with Crippen LogP contribution in [0.2, 0.25) is 0 Å². The monoisotopic (exact) mass is 360 g/mol. The Labute approximate surface area is 158 Å². The molecule has 3 rings (SSSR count). The van der Waals surface area contributed by atoms with Crippen LogP contribution in [0, 0.1) is 0 Å². The lowest BCUT2D eigenvalue weighted by Gasteiger charge is -2.13. The Bertz CT molecular complexity index is 878. The first kappa shape index (κ1) is 18.4. The Hall–Kier alpha value is -3.44. The number of hydrazone groups is 1. The number of nitrogens with zero attached hydrogens (tertiary/aromatic N) is 1. The lowest BCUT2D eigenvalue weighted by molar-refractivity contribution is -0.131. The lowest BCUT2D eigenvalue weighted by atomic mass is 10.1. The number of amides is 1. The average molecular weight is 360 g/mol. The predicted molar refractivity (Wildman–Crippen MR) is 105 cm³/mol. The van der Waals surface area contributed by atoms with Gasteiger partial charge in [0.05, 0.1) is 6.21 Å². The second-order valence-electron chi connectivity index (χ2n) is 5.74. The van der Waals surface area contributed by atoms with Gasteiger partial charge in [-0.25, -0.2) is 5.43 Å². The van der Waals surface area contributed by atoms with Gasteiger partial charge in [0.25, 0.3) is 5.91 Å². The van der Waals surface area contributed by atoms with Crippen molar-refractivity contribution in [3.63, 3.8) is 0 Å². The molecular formula is C22H20N2O3. The molecule has 1 N–H and O–H groups in total. The summed E-state index contributed by atoms with van der Waals surface area (Å²) in [4.78, 5) is 12.3. The topological polar surface area (TPSA) is 59.9 Å². The Morgan fingerprint density at radius 2 is 1.48 bits per heavy atom. The number of carbonyl (C=O) groups is 1. The van der Waals surface area contributed by atoms with Gasteiger partial charge in [-0.1, -0.05) is 48.5 Å². The van der Waals surface area contributed by atoms with Crippen molar-refractivity contribution >= 4 is 12.1 Å². The number of benzene rings is 3. The minimum absolute atomic E-state index is 0.330. The highest BCUT2D eigenvalue weighted by atomic mass is 16.5. The Kier molecular flexibility index (Phi) is 6.33. The first-order valence-corrected chi connectivity index (χ1v) is 8.50. The summed E-state index contributed by atoms with van der Waals surface area (Å²) < 4.78 is 11.0. The van der Waals surface area contributed by atoms with E-state index in [9.17, 15) is 4.79 Å². The summed E-state index contributed by atoms with van der Waals surface area (Å²) in [6.07, 6.45) is 0.868. The summed E-state index contributed by atoms with van der Waals surface area (Å²) in [5.41, 5.74) is 4.12. The van der Waals surface area contributed by atoms with Crippen LogP contribution in [0.1, 0.15) is 17.2 Å². The number of rotatable bonds is 7. The van der Waals surface area contributed by atoms with E-state index in [1.807, 2.05) is 84.9 Å². The van der Waals surface area contributed by atoms with Gasteiger partial charge in [0, 0.05) is 7.11 Å². The highest BCUT2D eigenvalue weighted by Gasteiger charge is 2.18. The zero-order valence-corrected chi connectivity index (χ0v) is 14.9. The van der Waals surface area contributed by atoms with E-state index < -0.39 is 6.10 Å². The molecule has 0 unspecified atom stereocenters. The molecule has 136 valence electrons. The number of carbonyl (C=O) groups excluding carboxylic acids is 1. The molecule has 0 fully saturated rings. The van der Waals surface area contributed by atoms with Crippen LogP contribution in [-0.4, -0.2) is 19.2 Å². The van der Waals surface area contributed by atoms with Gasteiger partial charge >= 0.3 is 0 Å². The molecule has 1 amide bonds. The minimum Gasteiger partial charge on any atom is -0.457 e. The molecule has 3 aromatic rings. The van der Waals surface area contributed by atoms with Crippen molar-refractivity contribution in [3.05, 3.63) is 96.1 Å². The highest BCUT2D eigenvalue weighted by molar-refractivity contribution is 5.85. The minimum atomic E-state index is -0.704. The number of nitrogens with one attached hydrogen (secondary N) is 1. The van der Waals surface area contributed by atoms with Crippen molar-refractivity contribution in [2.45, 2.75) is 6.10 Å². The van der Waals surface area contributed by atoms with Crippen LogP contribution in [0.15, 0.2) is 90.0 Å². The molecule has 0 aliphatic rings. The summed E-state index contributed by atoms with van der Waals surface area (Å²) >= 11 is 0. The number of hydrogen-bond donors (Lipinski definition) is 1. The molecule has 0 aromatic heterocycles. The third-order valence-corrected chi connectivity index (χ3v) is 3.82. The van der Waals surface area contributed by atoms with Crippen LogP contribution in [0.25, 0.3) is 0 Å². The Morgan fingerprint density at radius 1 is 0.889 bits per heavy atom. The van der Waals surface area contributed by atoms with E-state index in [-0.39, 0.29) is 5.91 Å². The SMILES string of the molecule is CO[C@H](C(=O)N/N=C\c1ccc(Oc2ccccc2)cc1)c1ccccc1. The third-order valence-electron chi connectivity index (χ3n) is 3.82. The van der Waals surface area contributed by atoms with Crippen LogP contribution in [0.4, 0.5) is 0 Å². The molecule has 0 saturated heterocycles. The zero-order valence-electron chi connectivity index (χ0n) is 14.9. The van der Waals surface area contributed by atoms with Gasteiger partial charge in [-0.15, -0.1) is 0 Å². The normalized spacial score (nSPS) is 11.9. The smallest absolute Gasteiger partial charge is 0.273 e. The van der Waals surface area contributed by atoms with E-state index in [0.717, 1.165) is 22.6 Å². The van der Waals surface area contributed by atoms with Crippen molar-refractivity contribution in [2.75, 3.05) is 7.11 Å². The zero-order chi connectivity index (χ0) is 18.9. The number of methoxy groups -OCH3 is 1. The van der Waals surface area contributed by atoms with Crippen molar-refractivity contribution in [1.82, 2.24) is 5.43 Å². The van der Waals surface area contributed by atoms with Crippen molar-refractivity contribution in [3.8, 4) is 11.5 Å². The maximum absolute atomic E-state index is 12.3. The molecule has 0 radical (unpaired) electrons. The summed E-state index contributed by atoms with van der Waals surface area (Å²) in [7, 11) is 1.49. The quantitative estimate of drug-likeness (QED) is 0.504. The van der Waals surface area contributed by atoms with Gasteiger partial charge in [0.1, 0.15) is 11.5 Å². The lowest BCUT2D eigenvalue weighted by Crippen LogP contribution is -2.26. The molecular weight excluding hydrogens is 340 g/mol. The van der Waals surface area contributed by atoms with Crippen molar-refractivity contribution < 1.29 is 14.3 Å². The summed E-state index contributed by atoms with van der Waals surface area (Å²) in [6, 6.07) is 26.2. The molecule has 27 heavy (non-hydrogen) atoms.